The molecule has 4 bridgehead atoms. The van der Waals surface area contributed by atoms with Gasteiger partial charge in [0.05, 0.1) is 2.49 Å². The summed E-state index contributed by atoms with van der Waals surface area (Å²) in [6.07, 6.45) is 6.28. The molecule has 0 aliphatic heterocycles. The molecule has 4 aliphatic carbocycles. The average molecular weight is 381 g/mol. The minimum Gasteiger partial charge on any atom is -0.294 e. The van der Waals surface area contributed by atoms with Gasteiger partial charge in [0.1, 0.15) is 0 Å². The van der Waals surface area contributed by atoms with Crippen molar-refractivity contribution in [1.82, 2.24) is 0 Å². The van der Waals surface area contributed by atoms with E-state index < -0.39 is 0 Å². The van der Waals surface area contributed by atoms with Gasteiger partial charge in [0, 0.05) is 11.5 Å². The predicted octanol–water partition coefficient (Wildman–Crippen LogP) is 4.05. The highest BCUT2D eigenvalue weighted by molar-refractivity contribution is 14.1. The van der Waals surface area contributed by atoms with Crippen molar-refractivity contribution in [2.45, 2.75) is 32.1 Å². The van der Waals surface area contributed by atoms with Gasteiger partial charge in [0.25, 0.3) is 0 Å². The van der Waals surface area contributed by atoms with Gasteiger partial charge >= 0.3 is 0 Å². The molecule has 4 atom stereocenters. The maximum atomic E-state index is 12.3. The Bertz CT molecular complexity index is 332. The van der Waals surface area contributed by atoms with Crippen molar-refractivity contribution in [3.05, 3.63) is 8.06 Å². The zero-order valence-electron chi connectivity index (χ0n) is 8.51. The van der Waals surface area contributed by atoms with Crippen LogP contribution in [-0.4, -0.2) is 5.78 Å². The first-order valence-corrected chi connectivity index (χ1v) is 7.61. The fourth-order valence-corrected chi connectivity index (χ4v) is 5.19. The zero-order valence-corrected chi connectivity index (χ0v) is 12.3. The van der Waals surface area contributed by atoms with E-state index in [1.807, 2.05) is 0 Å². The van der Waals surface area contributed by atoms with E-state index in [1.54, 1.807) is 0 Å². The van der Waals surface area contributed by atoms with Gasteiger partial charge in [-0.15, -0.1) is 0 Å². The van der Waals surface area contributed by atoms with Crippen molar-refractivity contribution >= 4 is 44.3 Å². The molecule has 0 saturated heterocycles. The second-order valence-electron chi connectivity index (χ2n) is 5.34. The highest BCUT2D eigenvalue weighted by Crippen LogP contribution is 2.53. The first-order chi connectivity index (χ1) is 7.15. The number of allylic oxidation sites excluding steroid dienone is 1. The van der Waals surface area contributed by atoms with Crippen molar-refractivity contribution < 1.29 is 4.79 Å². The summed E-state index contributed by atoms with van der Waals surface area (Å²) in [4.78, 5) is 12.3. The van der Waals surface area contributed by atoms with Crippen LogP contribution in [0.1, 0.15) is 32.1 Å². The van der Waals surface area contributed by atoms with Gasteiger partial charge in [-0.2, -0.15) is 0 Å². The number of hydrogen-bond donors (Lipinski definition) is 0. The number of ketones is 1. The first-order valence-electron chi connectivity index (χ1n) is 5.74. The van der Waals surface area contributed by atoms with E-state index in [2.05, 4.69) is 38.5 Å². The number of halogens is 2. The summed E-state index contributed by atoms with van der Waals surface area (Å²) >= 11 is 5.80. The highest BCUT2D eigenvalue weighted by Gasteiger charge is 2.46. The predicted molar refractivity (Wildman–Crippen MR) is 72.0 cm³/mol. The van der Waals surface area contributed by atoms with Crippen LogP contribution in [0.2, 0.25) is 0 Å². The van der Waals surface area contributed by atoms with Crippen LogP contribution in [0.5, 0.6) is 0 Å². The van der Waals surface area contributed by atoms with Crippen molar-refractivity contribution in [3.63, 3.8) is 0 Å². The zero-order chi connectivity index (χ0) is 10.6. The SMILES string of the molecule is O=C1/C(=C(/Br)I)C2C[C@H]3CC1C[C@@H](C2)C3. The van der Waals surface area contributed by atoms with Crippen molar-refractivity contribution in [2.24, 2.45) is 23.7 Å². The van der Waals surface area contributed by atoms with E-state index in [0.29, 0.717) is 17.6 Å². The number of rotatable bonds is 0. The van der Waals surface area contributed by atoms with Crippen molar-refractivity contribution in [3.8, 4) is 0 Å². The highest BCUT2D eigenvalue weighted by atomic mass is 127. The van der Waals surface area contributed by atoms with Crippen LogP contribution >= 0.6 is 38.5 Å². The Hall–Kier alpha value is 0.620. The molecule has 4 saturated carbocycles. The molecule has 0 amide bonds. The Kier molecular flexibility index (Phi) is 2.74. The Morgan fingerprint density at radius 1 is 1.07 bits per heavy atom. The van der Waals surface area contributed by atoms with Crippen LogP contribution in [0.15, 0.2) is 8.06 Å². The topological polar surface area (TPSA) is 17.1 Å². The van der Waals surface area contributed by atoms with E-state index >= 15 is 0 Å². The van der Waals surface area contributed by atoms with E-state index in [4.69, 9.17) is 0 Å². The van der Waals surface area contributed by atoms with Crippen molar-refractivity contribution in [1.29, 1.82) is 0 Å². The van der Waals surface area contributed by atoms with Crippen LogP contribution in [0.25, 0.3) is 0 Å². The molecule has 15 heavy (non-hydrogen) atoms. The lowest BCUT2D eigenvalue weighted by Gasteiger charge is -2.37. The summed E-state index contributed by atoms with van der Waals surface area (Å²) < 4.78 is 1.07. The van der Waals surface area contributed by atoms with Gasteiger partial charge in [0.2, 0.25) is 0 Å². The van der Waals surface area contributed by atoms with E-state index in [1.165, 1.54) is 32.1 Å². The monoisotopic (exact) mass is 380 g/mol. The molecule has 0 N–H and O–H groups in total. The molecular weight excluding hydrogens is 367 g/mol. The lowest BCUT2D eigenvalue weighted by atomic mass is 9.67. The van der Waals surface area contributed by atoms with Crippen LogP contribution in [0.4, 0.5) is 0 Å². The van der Waals surface area contributed by atoms with Gasteiger partial charge in [-0.3, -0.25) is 4.79 Å². The first kappa shape index (κ1) is 10.8. The maximum absolute atomic E-state index is 12.3. The summed E-state index contributed by atoms with van der Waals surface area (Å²) in [6.45, 7) is 0. The fourth-order valence-electron chi connectivity index (χ4n) is 3.97. The van der Waals surface area contributed by atoms with Gasteiger partial charge in [-0.25, -0.2) is 0 Å². The lowest BCUT2D eigenvalue weighted by molar-refractivity contribution is -0.120. The molecule has 0 aromatic heterocycles. The molecule has 4 rings (SSSR count). The molecule has 1 nitrogen and oxygen atoms in total. The maximum Gasteiger partial charge on any atom is 0.163 e. The summed E-state index contributed by atoms with van der Waals surface area (Å²) in [6, 6.07) is 0. The molecule has 0 spiro atoms. The molecule has 0 heterocycles. The van der Waals surface area contributed by atoms with E-state index in [-0.39, 0.29) is 0 Å². The van der Waals surface area contributed by atoms with Gasteiger partial charge in [-0.1, -0.05) is 0 Å². The molecule has 2 unspecified atom stereocenters. The van der Waals surface area contributed by atoms with Gasteiger partial charge in [-0.05, 0) is 88.4 Å². The summed E-state index contributed by atoms with van der Waals surface area (Å²) in [5.74, 6) is 3.08. The smallest absolute Gasteiger partial charge is 0.163 e. The Morgan fingerprint density at radius 3 is 2.13 bits per heavy atom. The van der Waals surface area contributed by atoms with Crippen LogP contribution in [-0.2, 0) is 4.79 Å². The molecule has 0 aromatic rings. The summed E-state index contributed by atoms with van der Waals surface area (Å²) in [7, 11) is 0. The van der Waals surface area contributed by atoms with E-state index in [9.17, 15) is 4.79 Å². The third kappa shape index (κ3) is 1.74. The fraction of sp³-hybridized carbons (Fsp3) is 0.750. The Morgan fingerprint density at radius 2 is 1.60 bits per heavy atom. The molecule has 4 aliphatic rings. The molecule has 4 fully saturated rings. The molecule has 0 radical (unpaired) electrons. The number of hydrogen-bond acceptors (Lipinski definition) is 1. The Balaban J connectivity index is 2.07. The number of carbonyl (C=O) groups is 1. The summed E-state index contributed by atoms with van der Waals surface area (Å²) in [5.41, 5.74) is 1.13. The van der Waals surface area contributed by atoms with Crippen LogP contribution in [0, 0.1) is 23.7 Å². The second kappa shape index (κ2) is 3.83. The largest absolute Gasteiger partial charge is 0.294 e. The second-order valence-corrected chi connectivity index (χ2v) is 8.70. The average Bonchev–Trinajstić information content (AvgIpc) is 2.28. The van der Waals surface area contributed by atoms with Crippen LogP contribution < -0.4 is 0 Å². The minimum atomic E-state index is 0.360. The summed E-state index contributed by atoms with van der Waals surface area (Å²) in [5, 5.41) is 0. The minimum absolute atomic E-state index is 0.360. The quantitative estimate of drug-likeness (QED) is 0.457. The van der Waals surface area contributed by atoms with E-state index in [0.717, 1.165) is 19.9 Å². The molecular formula is C12H14BrIO. The standard InChI is InChI=1S/C12H14BrIO/c13-12(14)10-8-2-6-1-7(3-8)5-9(4-6)11(10)15/h6-9H,1-5H2/b12-10-/t6-,7+,8?,9?. The Labute approximate surface area is 112 Å². The molecule has 82 valence electrons. The number of Topliss-reactive ketones (excluding diaryl/α,β-unsaturated/α-hetero) is 1. The number of fused-ring (bicyclic) bond motifs is 1. The number of carbonyl (C=O) groups excluding carboxylic acids is 1. The molecule has 3 heteroatoms. The third-order valence-electron chi connectivity index (χ3n) is 4.39. The molecule has 0 aromatic carbocycles. The lowest BCUT2D eigenvalue weighted by Crippen LogP contribution is -2.27. The van der Waals surface area contributed by atoms with Crippen molar-refractivity contribution in [2.75, 3.05) is 0 Å². The van der Waals surface area contributed by atoms with Gasteiger partial charge in [0.15, 0.2) is 5.78 Å². The normalized spacial score (nSPS) is 46.9. The van der Waals surface area contributed by atoms with Crippen LogP contribution in [0.3, 0.4) is 0 Å². The third-order valence-corrected chi connectivity index (χ3v) is 5.39. The van der Waals surface area contributed by atoms with Gasteiger partial charge < -0.3 is 0 Å².